The van der Waals surface area contributed by atoms with Crippen LogP contribution in [0.15, 0.2) is 170 Å². The van der Waals surface area contributed by atoms with E-state index in [1.165, 1.54) is 12.1 Å². The predicted molar refractivity (Wildman–Crippen MR) is 206 cm³/mol. The van der Waals surface area contributed by atoms with E-state index in [0.29, 0.717) is 23.0 Å². The molecule has 9 rings (SSSR count). The van der Waals surface area contributed by atoms with Crippen LogP contribution >= 0.6 is 0 Å². The second kappa shape index (κ2) is 12.9. The summed E-state index contributed by atoms with van der Waals surface area (Å²) in [4.78, 5) is 14.9. The molecule has 0 saturated carbocycles. The summed E-state index contributed by atoms with van der Waals surface area (Å²) in [6.45, 7) is 0. The molecule has 0 amide bonds. The second-order valence-electron chi connectivity index (χ2n) is 12.5. The number of rotatable bonds is 6. The van der Waals surface area contributed by atoms with Gasteiger partial charge >= 0.3 is 0 Å². The topological polar surface area (TPSA) is 67.4 Å². The summed E-state index contributed by atoms with van der Waals surface area (Å²) in [5.41, 5.74) is 9.62. The van der Waals surface area contributed by atoms with Gasteiger partial charge < -0.3 is 4.57 Å². The normalized spacial score (nSPS) is 11.2. The van der Waals surface area contributed by atoms with Crippen molar-refractivity contribution in [3.63, 3.8) is 0 Å². The highest BCUT2D eigenvalue weighted by molar-refractivity contribution is 6.11. The van der Waals surface area contributed by atoms with Crippen LogP contribution < -0.4 is 0 Å². The van der Waals surface area contributed by atoms with Gasteiger partial charge in [-0.15, -0.1) is 0 Å². The van der Waals surface area contributed by atoms with Crippen molar-refractivity contribution in [3.8, 4) is 68.2 Å². The number of hydrogen-bond acceptors (Lipinski definition) is 4. The van der Waals surface area contributed by atoms with Crippen molar-refractivity contribution < 1.29 is 4.39 Å². The average Bonchev–Trinajstić information content (AvgIpc) is 3.55. The number of nitrogens with zero attached hydrogens (tertiary/aromatic N) is 5. The molecule has 9 aromatic rings. The number of fused-ring (bicyclic) bond motifs is 3. The van der Waals surface area contributed by atoms with Gasteiger partial charge in [-0.1, -0.05) is 133 Å². The van der Waals surface area contributed by atoms with E-state index in [2.05, 4.69) is 53.1 Å². The zero-order valence-electron chi connectivity index (χ0n) is 27.8. The molecule has 244 valence electrons. The SMILES string of the molecule is N#Cc1ccccc1-c1ccc2c3ccccc3n(-c3cc(-c4nc(-c5ccccc5)nc(-c5ccccc5)n4)ccc3-c3ccc(F)cc3)c2c1. The predicted octanol–water partition coefficient (Wildman–Crippen LogP) is 11.3. The standard InChI is InChI=1S/C46H28FN5/c47-36-23-19-30(20-24-36)38-25-22-34(46-50-44(31-11-3-1-4-12-31)49-45(51-46)32-13-5-2-6-14-32)28-42(38)52-41-18-10-9-17-39(41)40-26-21-33(27-43(40)52)37-16-8-7-15-35(37)29-48/h1-28H. The Bertz CT molecular complexity index is 2740. The lowest BCUT2D eigenvalue weighted by Gasteiger charge is -2.17. The lowest BCUT2D eigenvalue weighted by Crippen LogP contribution is -2.02. The maximum absolute atomic E-state index is 14.3. The van der Waals surface area contributed by atoms with Gasteiger partial charge in [0.15, 0.2) is 17.5 Å². The summed E-state index contributed by atoms with van der Waals surface area (Å²) >= 11 is 0. The Morgan fingerprint density at radius 1 is 0.442 bits per heavy atom. The minimum atomic E-state index is -0.299. The van der Waals surface area contributed by atoms with E-state index in [4.69, 9.17) is 15.0 Å². The average molecular weight is 670 g/mol. The van der Waals surface area contributed by atoms with Crippen molar-refractivity contribution in [3.05, 3.63) is 181 Å². The summed E-state index contributed by atoms with van der Waals surface area (Å²) < 4.78 is 16.5. The molecule has 0 spiro atoms. The molecule has 0 bridgehead atoms. The van der Waals surface area contributed by atoms with Crippen LogP contribution in [0.25, 0.3) is 83.9 Å². The molecule has 0 aliphatic carbocycles. The molecule has 0 saturated heterocycles. The summed E-state index contributed by atoms with van der Waals surface area (Å²) in [6.07, 6.45) is 0. The van der Waals surface area contributed by atoms with Crippen molar-refractivity contribution in [2.24, 2.45) is 0 Å². The van der Waals surface area contributed by atoms with Crippen LogP contribution in [0.3, 0.4) is 0 Å². The minimum absolute atomic E-state index is 0.299. The number of aromatic nitrogens is 4. The van der Waals surface area contributed by atoms with E-state index >= 15 is 0 Å². The van der Waals surface area contributed by atoms with Crippen molar-refractivity contribution in [1.29, 1.82) is 5.26 Å². The Balaban J connectivity index is 1.33. The third-order valence-electron chi connectivity index (χ3n) is 9.38. The number of benzene rings is 7. The molecule has 0 atom stereocenters. The molecule has 0 radical (unpaired) electrons. The van der Waals surface area contributed by atoms with Gasteiger partial charge in [-0.05, 0) is 53.1 Å². The molecule has 7 aromatic carbocycles. The van der Waals surface area contributed by atoms with Gasteiger partial charge in [0.05, 0.1) is 28.4 Å². The lowest BCUT2D eigenvalue weighted by molar-refractivity contribution is 0.628. The molecule has 0 fully saturated rings. The zero-order valence-corrected chi connectivity index (χ0v) is 27.8. The quantitative estimate of drug-likeness (QED) is 0.177. The number of para-hydroxylation sites is 1. The minimum Gasteiger partial charge on any atom is -0.309 e. The van der Waals surface area contributed by atoms with E-state index in [-0.39, 0.29) is 5.82 Å². The third-order valence-corrected chi connectivity index (χ3v) is 9.38. The van der Waals surface area contributed by atoms with Crippen LogP contribution in [0.2, 0.25) is 0 Å². The Hall–Kier alpha value is -7.23. The Kier molecular flexibility index (Phi) is 7.64. The largest absolute Gasteiger partial charge is 0.309 e. The molecule has 2 aromatic heterocycles. The highest BCUT2D eigenvalue weighted by atomic mass is 19.1. The molecule has 0 N–H and O–H groups in total. The van der Waals surface area contributed by atoms with Crippen LogP contribution in [0.5, 0.6) is 0 Å². The maximum Gasteiger partial charge on any atom is 0.164 e. The monoisotopic (exact) mass is 669 g/mol. The zero-order chi connectivity index (χ0) is 35.0. The van der Waals surface area contributed by atoms with Crippen molar-refractivity contribution in [2.75, 3.05) is 0 Å². The van der Waals surface area contributed by atoms with E-state index in [1.54, 1.807) is 12.1 Å². The summed E-state index contributed by atoms with van der Waals surface area (Å²) in [5, 5.41) is 12.1. The third kappa shape index (κ3) is 5.47. The number of halogens is 1. The summed E-state index contributed by atoms with van der Waals surface area (Å²) in [7, 11) is 0. The van der Waals surface area contributed by atoms with Gasteiger partial charge in [0, 0.05) is 33.0 Å². The first-order chi connectivity index (χ1) is 25.6. The van der Waals surface area contributed by atoms with Crippen LogP contribution in [0.4, 0.5) is 4.39 Å². The fourth-order valence-electron chi connectivity index (χ4n) is 6.90. The lowest BCUT2D eigenvalue weighted by atomic mass is 9.98. The van der Waals surface area contributed by atoms with E-state index in [9.17, 15) is 9.65 Å². The van der Waals surface area contributed by atoms with Gasteiger partial charge in [0.2, 0.25) is 0 Å². The second-order valence-corrected chi connectivity index (χ2v) is 12.5. The highest BCUT2D eigenvalue weighted by Gasteiger charge is 2.20. The van der Waals surface area contributed by atoms with E-state index in [0.717, 1.165) is 66.4 Å². The molecule has 6 heteroatoms. The van der Waals surface area contributed by atoms with Gasteiger partial charge in [-0.25, -0.2) is 19.3 Å². The number of nitriles is 1. The van der Waals surface area contributed by atoms with Gasteiger partial charge in [0.25, 0.3) is 0 Å². The van der Waals surface area contributed by atoms with Crippen molar-refractivity contribution in [2.45, 2.75) is 0 Å². The fraction of sp³-hybridized carbons (Fsp3) is 0. The van der Waals surface area contributed by atoms with Crippen LogP contribution in [-0.4, -0.2) is 19.5 Å². The molecule has 0 aliphatic heterocycles. The maximum atomic E-state index is 14.3. The molecule has 52 heavy (non-hydrogen) atoms. The first-order valence-corrected chi connectivity index (χ1v) is 16.9. The molecule has 2 heterocycles. The van der Waals surface area contributed by atoms with Crippen LogP contribution in [0, 0.1) is 17.1 Å². The molecule has 0 aliphatic rings. The van der Waals surface area contributed by atoms with Crippen molar-refractivity contribution >= 4 is 21.8 Å². The van der Waals surface area contributed by atoms with Crippen LogP contribution in [0.1, 0.15) is 5.56 Å². The van der Waals surface area contributed by atoms with E-state index in [1.807, 2.05) is 103 Å². The molecular formula is C46H28FN5. The molecule has 5 nitrogen and oxygen atoms in total. The smallest absolute Gasteiger partial charge is 0.164 e. The number of hydrogen-bond donors (Lipinski definition) is 0. The first-order valence-electron chi connectivity index (χ1n) is 16.9. The van der Waals surface area contributed by atoms with E-state index < -0.39 is 0 Å². The Morgan fingerprint density at radius 3 is 1.69 bits per heavy atom. The Labute approximate surface area is 299 Å². The summed E-state index contributed by atoms with van der Waals surface area (Å²) in [6, 6.07) is 57.3. The fourth-order valence-corrected chi connectivity index (χ4v) is 6.90. The van der Waals surface area contributed by atoms with Crippen molar-refractivity contribution in [1.82, 2.24) is 19.5 Å². The van der Waals surface area contributed by atoms with Gasteiger partial charge in [0.1, 0.15) is 5.82 Å². The van der Waals surface area contributed by atoms with Gasteiger partial charge in [-0.2, -0.15) is 5.26 Å². The highest BCUT2D eigenvalue weighted by Crippen LogP contribution is 2.40. The molecular weight excluding hydrogens is 642 g/mol. The molecule has 0 unspecified atom stereocenters. The summed E-state index contributed by atoms with van der Waals surface area (Å²) in [5.74, 6) is 1.38. The first kappa shape index (κ1) is 30.8. The van der Waals surface area contributed by atoms with Crippen LogP contribution in [-0.2, 0) is 0 Å². The Morgan fingerprint density at radius 2 is 1.00 bits per heavy atom. The van der Waals surface area contributed by atoms with Gasteiger partial charge in [-0.3, -0.25) is 0 Å².